The van der Waals surface area contributed by atoms with Crippen molar-refractivity contribution in [3.8, 4) is 5.69 Å². The summed E-state index contributed by atoms with van der Waals surface area (Å²) in [6.45, 7) is 8.37. The van der Waals surface area contributed by atoms with Gasteiger partial charge in [0.1, 0.15) is 11.9 Å². The Balaban J connectivity index is 1.58. The lowest BCUT2D eigenvalue weighted by Gasteiger charge is -2.11. The minimum Gasteiger partial charge on any atom is -0.464 e. The van der Waals surface area contributed by atoms with E-state index in [0.29, 0.717) is 5.92 Å². The number of furan rings is 1. The number of carbonyl (C=O) groups excluding carboxylic acids is 1. The average Bonchev–Trinajstić information content (AvgIpc) is 3.33. The summed E-state index contributed by atoms with van der Waals surface area (Å²) in [6.07, 6.45) is 3.43. The Morgan fingerprint density at radius 3 is 2.72 bits per heavy atom. The van der Waals surface area contributed by atoms with Crippen molar-refractivity contribution in [3.05, 3.63) is 65.2 Å². The largest absolute Gasteiger partial charge is 0.464 e. The SMILES string of the molecule is Cc1ccc(-n2cnnn2)cc1NC(=O)Cc1coc2cc(C)c(C(C)C)cc12. The summed E-state index contributed by atoms with van der Waals surface area (Å²) in [5.41, 5.74) is 6.64. The third kappa shape index (κ3) is 3.76. The molecule has 148 valence electrons. The van der Waals surface area contributed by atoms with Crippen LogP contribution in [0.2, 0.25) is 0 Å². The van der Waals surface area contributed by atoms with Gasteiger partial charge in [-0.3, -0.25) is 4.79 Å². The molecule has 7 heteroatoms. The standard InChI is InChI=1S/C22H23N5O2/c1-13(2)18-10-19-16(11-29-21(19)7-15(18)4)8-22(28)24-20-9-17(6-5-14(20)3)27-12-23-25-26-27/h5-7,9-13H,8H2,1-4H3,(H,24,28). The van der Waals surface area contributed by atoms with Crippen LogP contribution in [-0.4, -0.2) is 26.1 Å². The van der Waals surface area contributed by atoms with Gasteiger partial charge in [-0.15, -0.1) is 5.10 Å². The van der Waals surface area contributed by atoms with E-state index in [4.69, 9.17) is 4.42 Å². The van der Waals surface area contributed by atoms with Gasteiger partial charge in [-0.1, -0.05) is 19.9 Å². The van der Waals surface area contributed by atoms with E-state index in [1.807, 2.05) is 31.2 Å². The molecule has 0 atom stereocenters. The van der Waals surface area contributed by atoms with Crippen LogP contribution in [0.5, 0.6) is 0 Å². The van der Waals surface area contributed by atoms with E-state index in [0.717, 1.165) is 33.5 Å². The molecule has 2 aromatic carbocycles. The molecule has 0 aliphatic carbocycles. The molecule has 29 heavy (non-hydrogen) atoms. The van der Waals surface area contributed by atoms with E-state index in [9.17, 15) is 4.79 Å². The van der Waals surface area contributed by atoms with Gasteiger partial charge in [0.25, 0.3) is 0 Å². The smallest absolute Gasteiger partial charge is 0.228 e. The van der Waals surface area contributed by atoms with Crippen LogP contribution in [-0.2, 0) is 11.2 Å². The number of hydrogen-bond donors (Lipinski definition) is 1. The van der Waals surface area contributed by atoms with Gasteiger partial charge < -0.3 is 9.73 Å². The van der Waals surface area contributed by atoms with Crippen LogP contribution in [0, 0.1) is 13.8 Å². The zero-order chi connectivity index (χ0) is 20.5. The molecule has 4 rings (SSSR count). The molecule has 0 bridgehead atoms. The summed E-state index contributed by atoms with van der Waals surface area (Å²) in [4.78, 5) is 12.8. The molecule has 4 aromatic rings. The molecule has 0 radical (unpaired) electrons. The summed E-state index contributed by atoms with van der Waals surface area (Å²) in [6, 6.07) is 9.88. The summed E-state index contributed by atoms with van der Waals surface area (Å²) >= 11 is 0. The molecule has 1 N–H and O–H groups in total. The van der Waals surface area contributed by atoms with Gasteiger partial charge in [-0.05, 0) is 71.1 Å². The average molecular weight is 389 g/mol. The van der Waals surface area contributed by atoms with Crippen molar-refractivity contribution < 1.29 is 9.21 Å². The highest BCUT2D eigenvalue weighted by Crippen LogP contribution is 2.29. The highest BCUT2D eigenvalue weighted by Gasteiger charge is 2.15. The Hall–Kier alpha value is -3.48. The number of benzene rings is 2. The van der Waals surface area contributed by atoms with E-state index in [-0.39, 0.29) is 12.3 Å². The maximum atomic E-state index is 12.8. The minimum atomic E-state index is -0.101. The number of anilines is 1. The first kappa shape index (κ1) is 18.9. The van der Waals surface area contributed by atoms with Gasteiger partial charge in [0.2, 0.25) is 5.91 Å². The quantitative estimate of drug-likeness (QED) is 0.549. The number of fused-ring (bicyclic) bond motifs is 1. The lowest BCUT2D eigenvalue weighted by Crippen LogP contribution is -2.15. The molecule has 0 fully saturated rings. The number of rotatable bonds is 5. The second-order valence-corrected chi connectivity index (χ2v) is 7.60. The van der Waals surface area contributed by atoms with Crippen molar-refractivity contribution in [1.29, 1.82) is 0 Å². The number of carbonyl (C=O) groups is 1. The van der Waals surface area contributed by atoms with Crippen LogP contribution >= 0.6 is 0 Å². The highest BCUT2D eigenvalue weighted by molar-refractivity contribution is 5.96. The second-order valence-electron chi connectivity index (χ2n) is 7.60. The van der Waals surface area contributed by atoms with E-state index in [1.54, 1.807) is 10.9 Å². The fourth-order valence-corrected chi connectivity index (χ4v) is 3.54. The first-order chi connectivity index (χ1) is 13.9. The molecule has 0 aliphatic heterocycles. The first-order valence-corrected chi connectivity index (χ1v) is 9.57. The van der Waals surface area contributed by atoms with Crippen molar-refractivity contribution in [1.82, 2.24) is 20.2 Å². The zero-order valence-electron chi connectivity index (χ0n) is 16.9. The van der Waals surface area contributed by atoms with Crippen LogP contribution in [0.3, 0.4) is 0 Å². The van der Waals surface area contributed by atoms with Gasteiger partial charge in [-0.25, -0.2) is 4.68 Å². The Morgan fingerprint density at radius 1 is 1.17 bits per heavy atom. The fourth-order valence-electron chi connectivity index (χ4n) is 3.54. The lowest BCUT2D eigenvalue weighted by molar-refractivity contribution is -0.115. The molecule has 0 saturated carbocycles. The van der Waals surface area contributed by atoms with E-state index in [2.05, 4.69) is 47.7 Å². The first-order valence-electron chi connectivity index (χ1n) is 9.57. The Bertz CT molecular complexity index is 1180. The monoisotopic (exact) mass is 389 g/mol. The van der Waals surface area contributed by atoms with Crippen molar-refractivity contribution in [2.75, 3.05) is 5.32 Å². The molecule has 0 saturated heterocycles. The van der Waals surface area contributed by atoms with Crippen LogP contribution in [0.1, 0.15) is 42.0 Å². The number of aryl methyl sites for hydroxylation is 2. The summed E-state index contributed by atoms with van der Waals surface area (Å²) in [5.74, 6) is 0.309. The van der Waals surface area contributed by atoms with Crippen LogP contribution in [0.4, 0.5) is 5.69 Å². The molecular formula is C22H23N5O2. The normalized spacial score (nSPS) is 11.3. The van der Waals surface area contributed by atoms with Crippen molar-refractivity contribution in [3.63, 3.8) is 0 Å². The van der Waals surface area contributed by atoms with Gasteiger partial charge in [0.05, 0.1) is 18.4 Å². The maximum absolute atomic E-state index is 12.8. The Morgan fingerprint density at radius 2 is 2.00 bits per heavy atom. The van der Waals surface area contributed by atoms with Crippen LogP contribution < -0.4 is 5.32 Å². The molecule has 0 spiro atoms. The summed E-state index contributed by atoms with van der Waals surface area (Å²) in [7, 11) is 0. The molecule has 0 unspecified atom stereocenters. The Kier molecular flexibility index (Phi) is 4.88. The number of tetrazole rings is 1. The number of aromatic nitrogens is 4. The van der Waals surface area contributed by atoms with E-state index < -0.39 is 0 Å². The third-order valence-electron chi connectivity index (χ3n) is 5.12. The minimum absolute atomic E-state index is 0.101. The topological polar surface area (TPSA) is 85.8 Å². The van der Waals surface area contributed by atoms with Crippen LogP contribution in [0.15, 0.2) is 47.3 Å². The van der Waals surface area contributed by atoms with Gasteiger partial charge in [-0.2, -0.15) is 0 Å². The zero-order valence-corrected chi connectivity index (χ0v) is 16.9. The lowest BCUT2D eigenvalue weighted by atomic mass is 9.95. The predicted molar refractivity (Wildman–Crippen MR) is 111 cm³/mol. The van der Waals surface area contributed by atoms with E-state index >= 15 is 0 Å². The Labute approximate surface area is 168 Å². The molecule has 2 aromatic heterocycles. The maximum Gasteiger partial charge on any atom is 0.228 e. The van der Waals surface area contributed by atoms with Gasteiger partial charge in [0, 0.05) is 16.6 Å². The second kappa shape index (κ2) is 7.50. The van der Waals surface area contributed by atoms with E-state index in [1.165, 1.54) is 17.5 Å². The van der Waals surface area contributed by atoms with Gasteiger partial charge >= 0.3 is 0 Å². The van der Waals surface area contributed by atoms with Crippen molar-refractivity contribution in [2.45, 2.75) is 40.0 Å². The van der Waals surface area contributed by atoms with Crippen molar-refractivity contribution >= 4 is 22.6 Å². The predicted octanol–water partition coefficient (Wildman–Crippen LogP) is 4.33. The number of nitrogens with one attached hydrogen (secondary N) is 1. The van der Waals surface area contributed by atoms with Crippen LogP contribution in [0.25, 0.3) is 16.7 Å². The number of hydrogen-bond acceptors (Lipinski definition) is 5. The number of nitrogens with zero attached hydrogens (tertiary/aromatic N) is 4. The third-order valence-corrected chi connectivity index (χ3v) is 5.12. The van der Waals surface area contributed by atoms with Crippen molar-refractivity contribution in [2.24, 2.45) is 0 Å². The fraction of sp³-hybridized carbons (Fsp3) is 0.273. The molecule has 0 aliphatic rings. The highest BCUT2D eigenvalue weighted by atomic mass is 16.3. The number of amides is 1. The molecule has 1 amide bonds. The molecule has 7 nitrogen and oxygen atoms in total. The van der Waals surface area contributed by atoms with Gasteiger partial charge in [0.15, 0.2) is 0 Å². The molecular weight excluding hydrogens is 366 g/mol. The summed E-state index contributed by atoms with van der Waals surface area (Å²) < 4.78 is 7.25. The molecule has 2 heterocycles. The summed E-state index contributed by atoms with van der Waals surface area (Å²) in [5, 5.41) is 15.2.